The Morgan fingerprint density at radius 3 is 2.40 bits per heavy atom. The van der Waals surface area contributed by atoms with Crippen molar-refractivity contribution in [2.45, 2.75) is 38.9 Å². The molecule has 0 aromatic heterocycles. The highest BCUT2D eigenvalue weighted by Crippen LogP contribution is 2.33. The van der Waals surface area contributed by atoms with Gasteiger partial charge in [0.15, 0.2) is 0 Å². The number of halogens is 2. The van der Waals surface area contributed by atoms with Gasteiger partial charge in [0, 0.05) is 68.2 Å². The Balaban J connectivity index is 1.71. The third-order valence-corrected chi connectivity index (χ3v) is 7.76. The van der Waals surface area contributed by atoms with Crippen LogP contribution in [0, 0.1) is 0 Å². The SMILES string of the molecule is CCN(C(=O)CN(C)C)C(CC(=O)N1CCN(c2ccccc2CNC(C)COC)CC1)c1ccc(Cl)cc1Cl. The first-order valence-electron chi connectivity index (χ1n) is 13.9. The first-order valence-corrected chi connectivity index (χ1v) is 14.6. The van der Waals surface area contributed by atoms with Crippen molar-refractivity contribution in [3.63, 3.8) is 0 Å². The summed E-state index contributed by atoms with van der Waals surface area (Å²) in [7, 11) is 5.42. The maximum absolute atomic E-state index is 13.6. The second-order valence-electron chi connectivity index (χ2n) is 10.5. The van der Waals surface area contributed by atoms with E-state index in [1.165, 1.54) is 11.3 Å². The van der Waals surface area contributed by atoms with Crippen LogP contribution in [0.2, 0.25) is 10.0 Å². The first-order chi connectivity index (χ1) is 19.1. The molecule has 0 radical (unpaired) electrons. The van der Waals surface area contributed by atoms with Crippen molar-refractivity contribution in [3.8, 4) is 0 Å². The van der Waals surface area contributed by atoms with Crippen LogP contribution in [0.3, 0.4) is 0 Å². The van der Waals surface area contributed by atoms with Crippen molar-refractivity contribution in [2.24, 2.45) is 0 Å². The largest absolute Gasteiger partial charge is 0.383 e. The van der Waals surface area contributed by atoms with Crippen LogP contribution in [0.1, 0.15) is 37.4 Å². The van der Waals surface area contributed by atoms with Crippen LogP contribution in [0.15, 0.2) is 42.5 Å². The summed E-state index contributed by atoms with van der Waals surface area (Å²) in [6.07, 6.45) is 0.159. The van der Waals surface area contributed by atoms with Gasteiger partial charge in [-0.05, 0) is 57.3 Å². The molecule has 10 heteroatoms. The summed E-state index contributed by atoms with van der Waals surface area (Å²) in [4.78, 5) is 34.6. The molecule has 1 aliphatic heterocycles. The highest BCUT2D eigenvalue weighted by Gasteiger charge is 2.31. The van der Waals surface area contributed by atoms with Gasteiger partial charge in [0.1, 0.15) is 0 Å². The molecule has 0 saturated carbocycles. The first kappa shape index (κ1) is 32.2. The monoisotopic (exact) mass is 591 g/mol. The maximum atomic E-state index is 13.6. The Morgan fingerprint density at radius 1 is 1.07 bits per heavy atom. The molecule has 1 heterocycles. The fraction of sp³-hybridized carbons (Fsp3) is 0.533. The molecular formula is C30H43Cl2N5O3. The van der Waals surface area contributed by atoms with E-state index >= 15 is 0 Å². The summed E-state index contributed by atoms with van der Waals surface area (Å²) >= 11 is 12.8. The van der Waals surface area contributed by atoms with Crippen molar-refractivity contribution < 1.29 is 14.3 Å². The molecule has 2 amide bonds. The molecule has 1 aliphatic rings. The molecule has 8 nitrogen and oxygen atoms in total. The fourth-order valence-electron chi connectivity index (χ4n) is 5.14. The summed E-state index contributed by atoms with van der Waals surface area (Å²) in [6.45, 7) is 8.84. The van der Waals surface area contributed by atoms with Crippen molar-refractivity contribution in [3.05, 3.63) is 63.6 Å². The van der Waals surface area contributed by atoms with Crippen LogP contribution in [0.25, 0.3) is 0 Å². The van der Waals surface area contributed by atoms with Gasteiger partial charge in [0.2, 0.25) is 11.8 Å². The smallest absolute Gasteiger partial charge is 0.237 e. The van der Waals surface area contributed by atoms with Crippen LogP contribution in [-0.2, 0) is 20.9 Å². The Labute approximate surface area is 249 Å². The number of methoxy groups -OCH3 is 1. The molecule has 40 heavy (non-hydrogen) atoms. The number of nitrogens with one attached hydrogen (secondary N) is 1. The van der Waals surface area contributed by atoms with Gasteiger partial charge in [-0.3, -0.25) is 9.59 Å². The third kappa shape index (κ3) is 8.82. The minimum absolute atomic E-state index is 0.00936. The second kappa shape index (κ2) is 15.6. The molecule has 0 spiro atoms. The summed E-state index contributed by atoms with van der Waals surface area (Å²) < 4.78 is 5.24. The van der Waals surface area contributed by atoms with Gasteiger partial charge >= 0.3 is 0 Å². The number of ether oxygens (including phenoxy) is 1. The standard InChI is InChI=1S/C30H43Cl2N5O3/c1-6-37(30(39)20-34(3)4)28(25-12-11-24(31)17-26(25)32)18-29(38)36-15-13-35(14-16-36)27-10-8-7-9-23(27)19-33-22(2)21-40-5/h7-12,17,22,28,33H,6,13-16,18-21H2,1-5H3. The van der Waals surface area contributed by atoms with Crippen LogP contribution >= 0.6 is 23.2 Å². The molecule has 220 valence electrons. The number of carbonyl (C=O) groups is 2. The minimum Gasteiger partial charge on any atom is -0.383 e. The number of likely N-dealkylation sites (N-methyl/N-ethyl adjacent to an activating group) is 2. The minimum atomic E-state index is -0.478. The zero-order valence-electron chi connectivity index (χ0n) is 24.3. The number of nitrogens with zero attached hydrogens (tertiary/aromatic N) is 4. The number of amides is 2. The van der Waals surface area contributed by atoms with Crippen LogP contribution in [0.4, 0.5) is 5.69 Å². The molecular weight excluding hydrogens is 549 g/mol. The number of carbonyl (C=O) groups excluding carboxylic acids is 2. The maximum Gasteiger partial charge on any atom is 0.237 e. The zero-order valence-corrected chi connectivity index (χ0v) is 25.8. The van der Waals surface area contributed by atoms with Crippen molar-refractivity contribution >= 4 is 40.7 Å². The Kier molecular flexibility index (Phi) is 12.5. The lowest BCUT2D eigenvalue weighted by molar-refractivity contribution is -0.138. The molecule has 2 aromatic rings. The number of piperazine rings is 1. The second-order valence-corrected chi connectivity index (χ2v) is 11.4. The Hall–Kier alpha value is -2.36. The lowest BCUT2D eigenvalue weighted by Gasteiger charge is -2.39. The number of benzene rings is 2. The molecule has 2 aromatic carbocycles. The summed E-state index contributed by atoms with van der Waals surface area (Å²) in [5, 5.41) is 4.49. The van der Waals surface area contributed by atoms with Gasteiger partial charge in [0.25, 0.3) is 0 Å². The Morgan fingerprint density at radius 2 is 1.77 bits per heavy atom. The van der Waals surface area contributed by atoms with Crippen molar-refractivity contribution in [1.82, 2.24) is 20.0 Å². The van der Waals surface area contributed by atoms with E-state index < -0.39 is 6.04 Å². The number of para-hydroxylation sites is 1. The fourth-order valence-corrected chi connectivity index (χ4v) is 5.68. The van der Waals surface area contributed by atoms with E-state index in [1.54, 1.807) is 24.1 Å². The molecule has 3 rings (SSSR count). The van der Waals surface area contributed by atoms with Crippen molar-refractivity contribution in [2.75, 3.05) is 72.0 Å². The lowest BCUT2D eigenvalue weighted by atomic mass is 10.00. The summed E-state index contributed by atoms with van der Waals surface area (Å²) in [6, 6.07) is 13.4. The molecule has 2 atom stereocenters. The third-order valence-electron chi connectivity index (χ3n) is 7.20. The van der Waals surface area contributed by atoms with Gasteiger partial charge in [-0.1, -0.05) is 47.5 Å². The average Bonchev–Trinajstić information content (AvgIpc) is 2.92. The van der Waals surface area contributed by atoms with Gasteiger partial charge < -0.3 is 29.7 Å². The van der Waals surface area contributed by atoms with E-state index in [9.17, 15) is 9.59 Å². The van der Waals surface area contributed by atoms with Gasteiger partial charge in [0.05, 0.1) is 25.6 Å². The quantitative estimate of drug-likeness (QED) is 0.374. The summed E-state index contributed by atoms with van der Waals surface area (Å²) in [5.74, 6) is -0.0405. The molecule has 0 aliphatic carbocycles. The van der Waals surface area contributed by atoms with E-state index in [-0.39, 0.29) is 30.8 Å². The van der Waals surface area contributed by atoms with E-state index in [0.29, 0.717) is 36.3 Å². The normalized spacial score (nSPS) is 15.3. The van der Waals surface area contributed by atoms with Gasteiger partial charge in [-0.2, -0.15) is 0 Å². The van der Waals surface area contributed by atoms with E-state index in [4.69, 9.17) is 27.9 Å². The predicted octanol–water partition coefficient (Wildman–Crippen LogP) is 4.31. The molecule has 1 saturated heterocycles. The highest BCUT2D eigenvalue weighted by atomic mass is 35.5. The molecule has 0 bridgehead atoms. The van der Waals surface area contributed by atoms with Crippen molar-refractivity contribution in [1.29, 1.82) is 0 Å². The van der Waals surface area contributed by atoms with Crippen LogP contribution < -0.4 is 10.2 Å². The molecule has 1 N–H and O–H groups in total. The average molecular weight is 593 g/mol. The van der Waals surface area contributed by atoms with Crippen LogP contribution in [0.5, 0.6) is 0 Å². The van der Waals surface area contributed by atoms with E-state index in [1.807, 2.05) is 36.9 Å². The number of hydrogen-bond donors (Lipinski definition) is 1. The summed E-state index contributed by atoms with van der Waals surface area (Å²) in [5.41, 5.74) is 3.14. The lowest BCUT2D eigenvalue weighted by Crippen LogP contribution is -2.50. The topological polar surface area (TPSA) is 68.4 Å². The predicted molar refractivity (Wildman–Crippen MR) is 163 cm³/mol. The zero-order chi connectivity index (χ0) is 29.2. The van der Waals surface area contributed by atoms with Gasteiger partial charge in [-0.25, -0.2) is 0 Å². The number of anilines is 1. The Bertz CT molecular complexity index is 1120. The number of hydrogen-bond acceptors (Lipinski definition) is 6. The number of rotatable bonds is 13. The highest BCUT2D eigenvalue weighted by molar-refractivity contribution is 6.35. The van der Waals surface area contributed by atoms with Gasteiger partial charge in [-0.15, -0.1) is 0 Å². The van der Waals surface area contributed by atoms with E-state index in [0.717, 1.165) is 25.2 Å². The molecule has 2 unspecified atom stereocenters. The van der Waals surface area contributed by atoms with E-state index in [2.05, 4.69) is 41.4 Å². The van der Waals surface area contributed by atoms with Crippen LogP contribution in [-0.4, -0.2) is 99.6 Å². The molecule has 1 fully saturated rings.